The van der Waals surface area contributed by atoms with Crippen LogP contribution in [-0.4, -0.2) is 58.7 Å². The van der Waals surface area contributed by atoms with E-state index < -0.39 is 0 Å². The van der Waals surface area contributed by atoms with Gasteiger partial charge in [0.25, 0.3) is 0 Å². The number of carbonyl (C=O) groups excluding carboxylic acids is 1. The van der Waals surface area contributed by atoms with Gasteiger partial charge in [0, 0.05) is 30.1 Å². The Hall–Kier alpha value is -1.92. The third-order valence-electron chi connectivity index (χ3n) is 6.18. The summed E-state index contributed by atoms with van der Waals surface area (Å²) in [6.07, 6.45) is 6.15. The van der Waals surface area contributed by atoms with E-state index in [0.29, 0.717) is 17.8 Å². The van der Waals surface area contributed by atoms with Gasteiger partial charge in [-0.05, 0) is 51.3 Å². The Morgan fingerprint density at radius 1 is 1.32 bits per heavy atom. The fourth-order valence-corrected chi connectivity index (χ4v) is 4.78. The molecule has 2 N–H and O–H groups in total. The first-order valence-corrected chi connectivity index (χ1v) is 9.35. The van der Waals surface area contributed by atoms with Crippen LogP contribution >= 0.6 is 0 Å². The second kappa shape index (κ2) is 5.81. The van der Waals surface area contributed by atoms with Crippen molar-refractivity contribution in [3.63, 3.8) is 0 Å². The van der Waals surface area contributed by atoms with Gasteiger partial charge in [0.15, 0.2) is 0 Å². The number of aromatic amines is 1. The molecule has 1 aliphatic carbocycles. The smallest absolute Gasteiger partial charge is 0.202 e. The number of ether oxygens (including phenoxy) is 1. The van der Waals surface area contributed by atoms with Gasteiger partial charge in [-0.25, -0.2) is 0 Å². The lowest BCUT2D eigenvalue weighted by atomic mass is 10.0. The molecule has 0 amide bonds. The number of nitrogens with one attached hydrogen (secondary N) is 2. The van der Waals surface area contributed by atoms with Crippen LogP contribution in [0.2, 0.25) is 0 Å². The van der Waals surface area contributed by atoms with Crippen LogP contribution in [0.25, 0.3) is 10.9 Å². The van der Waals surface area contributed by atoms with Crippen LogP contribution in [0.5, 0.6) is 5.75 Å². The highest BCUT2D eigenvalue weighted by atomic mass is 16.5. The van der Waals surface area contributed by atoms with E-state index in [1.165, 1.54) is 12.8 Å². The van der Waals surface area contributed by atoms with Crippen LogP contribution in [0.1, 0.15) is 42.6 Å². The highest BCUT2D eigenvalue weighted by molar-refractivity contribution is 6.09. The molecule has 6 nitrogen and oxygen atoms in total. The number of ketones is 1. The number of rotatable bonds is 4. The van der Waals surface area contributed by atoms with Gasteiger partial charge in [0.05, 0.1) is 17.7 Å². The van der Waals surface area contributed by atoms with E-state index in [-0.39, 0.29) is 17.9 Å². The number of carbonyl (C=O) groups is 1. The maximum absolute atomic E-state index is 13.1. The fraction of sp³-hybridized carbons (Fsp3) is 0.579. The number of likely N-dealkylation sites (tertiary alicyclic amines) is 1. The summed E-state index contributed by atoms with van der Waals surface area (Å²) in [4.78, 5) is 15.3. The van der Waals surface area contributed by atoms with Crippen molar-refractivity contribution in [2.45, 2.75) is 56.3 Å². The molecular formula is C19H24N4O2. The second-order valence-corrected chi connectivity index (χ2v) is 7.68. The van der Waals surface area contributed by atoms with Gasteiger partial charge in [-0.3, -0.25) is 14.8 Å². The van der Waals surface area contributed by atoms with E-state index in [1.54, 1.807) is 0 Å². The molecule has 3 atom stereocenters. The number of piperazine rings is 1. The molecule has 2 aromatic rings. The average molecular weight is 340 g/mol. The molecule has 2 saturated heterocycles. The normalized spacial score (nSPS) is 29.7. The van der Waals surface area contributed by atoms with Gasteiger partial charge in [-0.1, -0.05) is 0 Å². The standard InChI is InChI=1S/C19H24N4O2/c1-23-11-8-16(20-10-11)18(23)19(24)17-14-7-6-13(9-15(14)21-22-17)25-12-4-2-3-5-12/h6-7,9,11-12,16,18,20H,2-5,8,10H2,1H3,(H,21,22)/t11-,16+,18?/m0/s1. The fourth-order valence-electron chi connectivity index (χ4n) is 4.78. The van der Waals surface area contributed by atoms with Gasteiger partial charge in [-0.15, -0.1) is 0 Å². The molecule has 3 fully saturated rings. The number of hydrogen-bond acceptors (Lipinski definition) is 5. The number of benzene rings is 1. The van der Waals surface area contributed by atoms with Crippen molar-refractivity contribution in [3.05, 3.63) is 23.9 Å². The predicted octanol–water partition coefficient (Wildman–Crippen LogP) is 2.11. The summed E-state index contributed by atoms with van der Waals surface area (Å²) < 4.78 is 6.06. The molecule has 1 aromatic carbocycles. The lowest BCUT2D eigenvalue weighted by molar-refractivity contribution is 0.0811. The molecule has 0 spiro atoms. The molecule has 1 aromatic heterocycles. The van der Waals surface area contributed by atoms with E-state index in [0.717, 1.165) is 42.5 Å². The zero-order valence-corrected chi connectivity index (χ0v) is 14.5. The predicted molar refractivity (Wildman–Crippen MR) is 95.1 cm³/mol. The second-order valence-electron chi connectivity index (χ2n) is 7.68. The van der Waals surface area contributed by atoms with Crippen LogP contribution in [-0.2, 0) is 0 Å². The van der Waals surface area contributed by atoms with Crippen molar-refractivity contribution in [2.24, 2.45) is 0 Å². The Labute approximate surface area is 146 Å². The Morgan fingerprint density at radius 2 is 2.16 bits per heavy atom. The molecule has 6 heteroatoms. The maximum atomic E-state index is 13.1. The van der Waals surface area contributed by atoms with Crippen LogP contribution in [0.4, 0.5) is 0 Å². The minimum Gasteiger partial charge on any atom is -0.490 e. The zero-order chi connectivity index (χ0) is 17.0. The number of fused-ring (bicyclic) bond motifs is 3. The average Bonchev–Trinajstić information content (AvgIpc) is 3.38. The minimum atomic E-state index is -0.111. The lowest BCUT2D eigenvalue weighted by Crippen LogP contribution is -2.53. The van der Waals surface area contributed by atoms with Crippen molar-refractivity contribution in [3.8, 4) is 5.75 Å². The number of Topliss-reactive ketones (excluding diaryl/α,β-unsaturated/α-hetero) is 1. The molecule has 3 heterocycles. The molecule has 1 unspecified atom stereocenters. The summed E-state index contributed by atoms with van der Waals surface area (Å²) in [5.41, 5.74) is 1.42. The third-order valence-corrected chi connectivity index (χ3v) is 6.18. The highest BCUT2D eigenvalue weighted by Gasteiger charge is 2.48. The van der Waals surface area contributed by atoms with E-state index in [4.69, 9.17) is 4.74 Å². The maximum Gasteiger partial charge on any atom is 0.202 e. The SMILES string of the molecule is CN1C(C(=O)c2n[nH]c3cc(OC4CCCC4)ccc23)[C@H]2C[C@H]1CN2. The van der Waals surface area contributed by atoms with Crippen LogP contribution in [0, 0.1) is 0 Å². The van der Waals surface area contributed by atoms with Crippen molar-refractivity contribution < 1.29 is 9.53 Å². The minimum absolute atomic E-state index is 0.109. The number of hydrogen-bond donors (Lipinski definition) is 2. The molecule has 2 aliphatic heterocycles. The molecule has 3 aliphatic rings. The Kier molecular flexibility index (Phi) is 3.57. The van der Waals surface area contributed by atoms with Gasteiger partial charge in [0.2, 0.25) is 5.78 Å². The summed E-state index contributed by atoms with van der Waals surface area (Å²) in [5, 5.41) is 11.7. The monoisotopic (exact) mass is 340 g/mol. The highest BCUT2D eigenvalue weighted by Crippen LogP contribution is 2.32. The summed E-state index contributed by atoms with van der Waals surface area (Å²) in [6, 6.07) is 6.52. The first-order chi connectivity index (χ1) is 12.2. The first-order valence-electron chi connectivity index (χ1n) is 9.35. The van der Waals surface area contributed by atoms with E-state index in [2.05, 4.69) is 27.5 Å². The summed E-state index contributed by atoms with van der Waals surface area (Å²) in [7, 11) is 2.05. The van der Waals surface area contributed by atoms with Gasteiger partial charge in [0.1, 0.15) is 11.4 Å². The molecule has 5 rings (SSSR count). The van der Waals surface area contributed by atoms with Crippen LogP contribution in [0.3, 0.4) is 0 Å². The van der Waals surface area contributed by atoms with Gasteiger partial charge >= 0.3 is 0 Å². The van der Waals surface area contributed by atoms with Crippen molar-refractivity contribution in [1.29, 1.82) is 0 Å². The number of likely N-dealkylation sites (N-methyl/N-ethyl adjacent to an activating group) is 1. The largest absolute Gasteiger partial charge is 0.490 e. The Balaban J connectivity index is 1.41. The van der Waals surface area contributed by atoms with E-state index >= 15 is 0 Å². The molecule has 2 bridgehead atoms. The Morgan fingerprint density at radius 3 is 2.92 bits per heavy atom. The number of H-pyrrole nitrogens is 1. The number of nitrogens with zero attached hydrogens (tertiary/aromatic N) is 2. The summed E-state index contributed by atoms with van der Waals surface area (Å²) in [5.74, 6) is 0.971. The topological polar surface area (TPSA) is 70.2 Å². The molecule has 132 valence electrons. The van der Waals surface area contributed by atoms with Gasteiger partial charge in [-0.2, -0.15) is 5.10 Å². The van der Waals surface area contributed by atoms with Crippen molar-refractivity contribution >= 4 is 16.7 Å². The molecule has 1 saturated carbocycles. The van der Waals surface area contributed by atoms with E-state index in [1.807, 2.05) is 18.2 Å². The zero-order valence-electron chi connectivity index (χ0n) is 14.5. The Bertz CT molecular complexity index is 809. The third kappa shape index (κ3) is 2.47. The van der Waals surface area contributed by atoms with Crippen molar-refractivity contribution in [2.75, 3.05) is 13.6 Å². The van der Waals surface area contributed by atoms with Gasteiger partial charge < -0.3 is 10.1 Å². The lowest BCUT2D eigenvalue weighted by Gasteiger charge is -2.30. The first kappa shape index (κ1) is 15.3. The van der Waals surface area contributed by atoms with Crippen LogP contribution < -0.4 is 10.1 Å². The molecule has 0 radical (unpaired) electrons. The number of aromatic nitrogens is 2. The molecule has 25 heavy (non-hydrogen) atoms. The molecular weight excluding hydrogens is 316 g/mol. The van der Waals surface area contributed by atoms with Crippen LogP contribution in [0.15, 0.2) is 18.2 Å². The summed E-state index contributed by atoms with van der Waals surface area (Å²) >= 11 is 0. The quantitative estimate of drug-likeness (QED) is 0.834. The van der Waals surface area contributed by atoms with Crippen molar-refractivity contribution in [1.82, 2.24) is 20.4 Å². The summed E-state index contributed by atoms with van der Waals surface area (Å²) in [6.45, 7) is 0.980. The van der Waals surface area contributed by atoms with E-state index in [9.17, 15) is 4.79 Å².